The minimum Gasteiger partial charge on any atom is -0.852 e. The van der Waals surface area contributed by atoms with Crippen LogP contribution in [0, 0.1) is 0 Å². The van der Waals surface area contributed by atoms with Gasteiger partial charge < -0.3 is 25.5 Å². The van der Waals surface area contributed by atoms with Gasteiger partial charge >= 0.3 is 37.7 Å². The van der Waals surface area contributed by atoms with Gasteiger partial charge in [0, 0.05) is 17.4 Å². The van der Waals surface area contributed by atoms with Gasteiger partial charge in [-0.05, 0) is 0 Å². The Bertz CT molecular complexity index is 86.5. The molecule has 0 rings (SSSR count). The first-order valence-electron chi connectivity index (χ1n) is 6.95. The van der Waals surface area contributed by atoms with Gasteiger partial charge in [0.05, 0.1) is 0 Å². The molecule has 0 fully saturated rings. The SMILES string of the molecule is CC(C)[O-].CC(C)[O-].CC(C)[O-].CC(C)[O-].CC(C)[O-].[Al].[Ca+2]. The molecule has 0 aliphatic carbocycles. The van der Waals surface area contributed by atoms with E-state index in [0.29, 0.717) is 0 Å². The van der Waals surface area contributed by atoms with E-state index in [1.807, 2.05) is 0 Å². The second-order valence-electron chi connectivity index (χ2n) is 5.24. The quantitative estimate of drug-likeness (QED) is 0.463. The summed E-state index contributed by atoms with van der Waals surface area (Å²) >= 11 is 0. The summed E-state index contributed by atoms with van der Waals surface area (Å²) in [5, 5.41) is 47.6. The van der Waals surface area contributed by atoms with E-state index in [4.69, 9.17) is 0 Å². The Hall–Kier alpha value is 1.59. The third-order valence-corrected chi connectivity index (χ3v) is 0. The van der Waals surface area contributed by atoms with Gasteiger partial charge in [-0.25, -0.2) is 0 Å². The molecule has 0 aromatic carbocycles. The van der Waals surface area contributed by atoms with Crippen molar-refractivity contribution in [3.05, 3.63) is 0 Å². The second kappa shape index (κ2) is 38.3. The average molecular weight is 362 g/mol. The number of hydrogen-bond acceptors (Lipinski definition) is 5. The summed E-state index contributed by atoms with van der Waals surface area (Å²) in [6, 6.07) is 0. The molecule has 0 amide bonds. The van der Waals surface area contributed by atoms with E-state index in [2.05, 4.69) is 0 Å². The van der Waals surface area contributed by atoms with Crippen molar-refractivity contribution in [1.82, 2.24) is 0 Å². The summed E-state index contributed by atoms with van der Waals surface area (Å²) in [5.41, 5.74) is 0. The standard InChI is InChI=1S/5C3H7O.Al.Ca/c5*1-3(2)4;;/h5*3H,1-2H3;;/q5*-1;;+2. The predicted molar refractivity (Wildman–Crippen MR) is 87.2 cm³/mol. The molecular weight excluding hydrogens is 327 g/mol. The molecule has 3 radical (unpaired) electrons. The Labute approximate surface area is 179 Å². The summed E-state index contributed by atoms with van der Waals surface area (Å²) in [4.78, 5) is 0. The monoisotopic (exact) mass is 362 g/mol. The molecule has 0 aliphatic heterocycles. The largest absolute Gasteiger partial charge is 2.00 e. The molecule has 7 heteroatoms. The van der Waals surface area contributed by atoms with Gasteiger partial charge in [-0.15, -0.1) is 30.5 Å². The number of rotatable bonds is 0. The van der Waals surface area contributed by atoms with E-state index in [9.17, 15) is 25.5 Å². The third kappa shape index (κ3) is 3610. The molecule has 0 atom stereocenters. The zero-order valence-electron chi connectivity index (χ0n) is 16.2. The normalized spacial score (nSPS) is 8.18. The molecule has 22 heavy (non-hydrogen) atoms. The molecule has 0 bridgehead atoms. The van der Waals surface area contributed by atoms with Gasteiger partial charge in [0.25, 0.3) is 0 Å². The molecule has 5 nitrogen and oxygen atoms in total. The van der Waals surface area contributed by atoms with Crippen LogP contribution in [-0.2, 0) is 0 Å². The van der Waals surface area contributed by atoms with Crippen LogP contribution in [0.1, 0.15) is 69.2 Å². The predicted octanol–water partition coefficient (Wildman–Crippen LogP) is -1.99. The van der Waals surface area contributed by atoms with Crippen molar-refractivity contribution in [2.24, 2.45) is 0 Å². The molecule has 0 aliphatic rings. The van der Waals surface area contributed by atoms with Crippen LogP contribution in [-0.4, -0.2) is 85.6 Å². The Morgan fingerprint density at radius 3 is 0.364 bits per heavy atom. The molecule has 0 aromatic rings. The van der Waals surface area contributed by atoms with E-state index in [0.717, 1.165) is 0 Å². The van der Waals surface area contributed by atoms with Crippen LogP contribution in [0.15, 0.2) is 0 Å². The molecule has 0 N–H and O–H groups in total. The van der Waals surface area contributed by atoms with Crippen LogP contribution in [0.2, 0.25) is 0 Å². The molecule has 0 saturated heterocycles. The minimum absolute atomic E-state index is 0. The Kier molecular flexibility index (Phi) is 76.1. The van der Waals surface area contributed by atoms with Crippen LogP contribution in [0.25, 0.3) is 0 Å². The molecule has 133 valence electrons. The first kappa shape index (κ1) is 43.7. The molecule has 0 heterocycles. The van der Waals surface area contributed by atoms with E-state index in [1.165, 1.54) is 0 Å². The van der Waals surface area contributed by atoms with Crippen molar-refractivity contribution >= 4 is 55.1 Å². The van der Waals surface area contributed by atoms with E-state index >= 15 is 0 Å². The minimum atomic E-state index is -0.417. The summed E-state index contributed by atoms with van der Waals surface area (Å²) in [6.07, 6.45) is -2.08. The topological polar surface area (TPSA) is 115 Å². The van der Waals surface area contributed by atoms with Crippen molar-refractivity contribution in [2.45, 2.75) is 99.8 Å². The maximum absolute atomic E-state index is 9.53. The first-order chi connectivity index (χ1) is 8.66. The van der Waals surface area contributed by atoms with Crippen LogP contribution in [0.3, 0.4) is 0 Å². The second-order valence-corrected chi connectivity index (χ2v) is 5.24. The van der Waals surface area contributed by atoms with Crippen LogP contribution >= 0.6 is 0 Å². The third-order valence-electron chi connectivity index (χ3n) is 0. The van der Waals surface area contributed by atoms with Crippen molar-refractivity contribution in [2.75, 3.05) is 0 Å². The first-order valence-corrected chi connectivity index (χ1v) is 6.95. The van der Waals surface area contributed by atoms with Gasteiger partial charge in [0.2, 0.25) is 0 Å². The van der Waals surface area contributed by atoms with Crippen molar-refractivity contribution < 1.29 is 25.5 Å². The summed E-state index contributed by atoms with van der Waals surface area (Å²) in [7, 11) is 0. The Morgan fingerprint density at radius 2 is 0.364 bits per heavy atom. The van der Waals surface area contributed by atoms with Gasteiger partial charge in [-0.1, -0.05) is 69.2 Å². The number of hydrogen-bond donors (Lipinski definition) is 0. The van der Waals surface area contributed by atoms with E-state index < -0.39 is 30.5 Å². The Morgan fingerprint density at radius 1 is 0.364 bits per heavy atom. The fourth-order valence-electron chi connectivity index (χ4n) is 0. The molecular formula is C15H35AlCaO5-3. The van der Waals surface area contributed by atoms with Crippen LogP contribution < -0.4 is 25.5 Å². The molecule has 0 aromatic heterocycles. The Balaban J connectivity index is -0.0000000250. The molecule has 0 unspecified atom stereocenters. The zero-order valence-corrected chi connectivity index (χ0v) is 19.6. The summed E-state index contributed by atoms with van der Waals surface area (Å²) in [6.45, 7) is 16.1. The molecule has 0 saturated carbocycles. The van der Waals surface area contributed by atoms with Crippen molar-refractivity contribution in [3.63, 3.8) is 0 Å². The van der Waals surface area contributed by atoms with Crippen molar-refractivity contribution in [3.8, 4) is 0 Å². The van der Waals surface area contributed by atoms with Crippen LogP contribution in [0.4, 0.5) is 0 Å². The zero-order chi connectivity index (χ0) is 17.9. The van der Waals surface area contributed by atoms with Gasteiger partial charge in [0.1, 0.15) is 0 Å². The van der Waals surface area contributed by atoms with Gasteiger partial charge in [0.15, 0.2) is 0 Å². The van der Waals surface area contributed by atoms with Gasteiger partial charge in [-0.3, -0.25) is 0 Å². The fraction of sp³-hybridized carbons (Fsp3) is 1.00. The van der Waals surface area contributed by atoms with Gasteiger partial charge in [-0.2, -0.15) is 0 Å². The smallest absolute Gasteiger partial charge is 0.852 e. The molecule has 0 spiro atoms. The average Bonchev–Trinajstić information content (AvgIpc) is 1.94. The summed E-state index contributed by atoms with van der Waals surface area (Å²) < 4.78 is 0. The fourth-order valence-corrected chi connectivity index (χ4v) is 0. The van der Waals surface area contributed by atoms with Crippen LogP contribution in [0.5, 0.6) is 0 Å². The van der Waals surface area contributed by atoms with E-state index in [-0.39, 0.29) is 55.1 Å². The maximum atomic E-state index is 9.53. The van der Waals surface area contributed by atoms with Crippen molar-refractivity contribution in [1.29, 1.82) is 0 Å². The summed E-state index contributed by atoms with van der Waals surface area (Å²) in [5.74, 6) is 0. The maximum Gasteiger partial charge on any atom is 2.00 e. The van der Waals surface area contributed by atoms with E-state index in [1.54, 1.807) is 69.2 Å².